The molecule has 0 aliphatic heterocycles. The highest BCUT2D eigenvalue weighted by Gasteiger charge is 2.70. The molecule has 2 N–H and O–H groups in total. The van der Waals surface area contributed by atoms with Gasteiger partial charge in [-0.15, -0.1) is 0 Å². The number of rotatable bonds is 6. The minimum atomic E-state index is -1.37. The summed E-state index contributed by atoms with van der Waals surface area (Å²) in [5.41, 5.74) is -1.11. The first-order chi connectivity index (χ1) is 16.6. The highest BCUT2D eigenvalue weighted by atomic mass is 16.6. The van der Waals surface area contributed by atoms with Crippen LogP contribution in [0.5, 0.6) is 0 Å². The Balaban J connectivity index is 1.42. The van der Waals surface area contributed by atoms with E-state index in [0.717, 1.165) is 44.9 Å². The molecule has 6 nitrogen and oxygen atoms in total. The zero-order valence-corrected chi connectivity index (χ0v) is 21.4. The van der Waals surface area contributed by atoms with E-state index in [1.165, 1.54) is 18.4 Å². The maximum Gasteiger partial charge on any atom is 0.306 e. The Morgan fingerprint density at radius 2 is 1.83 bits per heavy atom. The van der Waals surface area contributed by atoms with E-state index in [0.29, 0.717) is 31.6 Å². The molecule has 0 unspecified atom stereocenters. The second-order valence-electron chi connectivity index (χ2n) is 12.7. The molecule has 0 aromatic carbocycles. The summed E-state index contributed by atoms with van der Waals surface area (Å²) in [5, 5.41) is 21.6. The zero-order valence-electron chi connectivity index (χ0n) is 21.4. The number of Topliss-reactive ketones (excluding diaryl/α,β-unsaturated/α-hetero) is 1. The number of hydrogen-bond acceptors (Lipinski definition) is 6. The van der Waals surface area contributed by atoms with Crippen molar-refractivity contribution in [3.8, 4) is 0 Å². The minimum Gasteiger partial charge on any atom is -0.450 e. The van der Waals surface area contributed by atoms with E-state index in [9.17, 15) is 24.6 Å². The molecule has 5 rings (SSSR count). The van der Waals surface area contributed by atoms with Crippen LogP contribution < -0.4 is 0 Å². The molecule has 5 aliphatic rings. The average Bonchev–Trinajstić information content (AvgIpc) is 3.44. The predicted molar refractivity (Wildman–Crippen MR) is 130 cm³/mol. The molecule has 6 heteroatoms. The van der Waals surface area contributed by atoms with E-state index in [-0.39, 0.29) is 34.9 Å². The van der Waals surface area contributed by atoms with Gasteiger partial charge >= 0.3 is 5.97 Å². The van der Waals surface area contributed by atoms with Crippen molar-refractivity contribution in [1.82, 2.24) is 0 Å². The van der Waals surface area contributed by atoms with Crippen LogP contribution in [0.3, 0.4) is 0 Å². The molecule has 194 valence electrons. The summed E-state index contributed by atoms with van der Waals surface area (Å²) < 4.78 is 6.14. The minimum absolute atomic E-state index is 0.0340. The Kier molecular flexibility index (Phi) is 6.53. The fourth-order valence-electron chi connectivity index (χ4n) is 9.35. The highest BCUT2D eigenvalue weighted by molar-refractivity contribution is 5.92. The topological polar surface area (TPSA) is 101 Å². The first kappa shape index (κ1) is 25.1. The second-order valence-corrected chi connectivity index (χ2v) is 12.7. The van der Waals surface area contributed by atoms with Crippen LogP contribution in [0.25, 0.3) is 0 Å². The van der Waals surface area contributed by atoms with Crippen molar-refractivity contribution in [2.24, 2.45) is 34.5 Å². The molecular formula is C29H42O6. The number of ether oxygens (including phenoxy) is 1. The van der Waals surface area contributed by atoms with E-state index in [4.69, 9.17) is 4.74 Å². The third kappa shape index (κ3) is 3.85. The molecule has 0 saturated heterocycles. The van der Waals surface area contributed by atoms with Crippen LogP contribution in [0.2, 0.25) is 0 Å². The van der Waals surface area contributed by atoms with Crippen LogP contribution >= 0.6 is 0 Å². The summed E-state index contributed by atoms with van der Waals surface area (Å²) in [4.78, 5) is 38.5. The Bertz CT molecular complexity index is 918. The van der Waals surface area contributed by atoms with Gasteiger partial charge in [0.05, 0.1) is 6.10 Å². The Hall–Kier alpha value is -1.53. The van der Waals surface area contributed by atoms with Gasteiger partial charge in [-0.25, -0.2) is 0 Å². The second kappa shape index (κ2) is 9.09. The summed E-state index contributed by atoms with van der Waals surface area (Å²) in [6.45, 7) is 3.56. The number of aliphatic hydroxyl groups excluding tert-OH is 2. The van der Waals surface area contributed by atoms with Crippen molar-refractivity contribution < 1.29 is 29.3 Å². The van der Waals surface area contributed by atoms with Crippen molar-refractivity contribution in [3.63, 3.8) is 0 Å². The van der Waals surface area contributed by atoms with Gasteiger partial charge in [-0.3, -0.25) is 14.4 Å². The molecule has 0 bridgehead atoms. The molecule has 4 saturated carbocycles. The number of allylic oxidation sites excluding steroid dienone is 1. The third-order valence-electron chi connectivity index (χ3n) is 11.1. The number of carbonyl (C=O) groups is 3. The quantitative estimate of drug-likeness (QED) is 0.543. The van der Waals surface area contributed by atoms with E-state index in [1.807, 2.05) is 13.0 Å². The SMILES string of the molecule is C[C@]12CCC(=O)C=C1CC[C@@H]1[C@@H]2[C@@H](O)C[C@@]2(C)[C@H]1CC[C@]2(OC(=O)CCC1CCCC1)C(=O)CO. The van der Waals surface area contributed by atoms with Gasteiger partial charge in [0.25, 0.3) is 0 Å². The van der Waals surface area contributed by atoms with Crippen LogP contribution in [0.15, 0.2) is 11.6 Å². The largest absolute Gasteiger partial charge is 0.450 e. The lowest BCUT2D eigenvalue weighted by molar-refractivity contribution is -0.202. The monoisotopic (exact) mass is 486 g/mol. The van der Waals surface area contributed by atoms with Crippen molar-refractivity contribution >= 4 is 17.5 Å². The van der Waals surface area contributed by atoms with Crippen LogP contribution in [0.4, 0.5) is 0 Å². The summed E-state index contributed by atoms with van der Waals surface area (Å²) in [7, 11) is 0. The molecule has 7 atom stereocenters. The Labute approximate surface area is 208 Å². The number of fused-ring (bicyclic) bond motifs is 5. The van der Waals surface area contributed by atoms with Gasteiger partial charge < -0.3 is 14.9 Å². The third-order valence-corrected chi connectivity index (χ3v) is 11.1. The van der Waals surface area contributed by atoms with Gasteiger partial charge in [0.2, 0.25) is 5.78 Å². The smallest absolute Gasteiger partial charge is 0.306 e. The molecule has 35 heavy (non-hydrogen) atoms. The fraction of sp³-hybridized carbons (Fsp3) is 0.828. The Morgan fingerprint density at radius 1 is 1.09 bits per heavy atom. The highest BCUT2D eigenvalue weighted by Crippen LogP contribution is 2.68. The first-order valence-electron chi connectivity index (χ1n) is 13.9. The standard InChI is InChI=1S/C29H42O6/c1-27-13-11-20(31)15-19(27)8-9-21-22-12-14-29(24(33)17-30,28(22,2)16-23(32)26(21)27)35-25(34)10-7-18-5-3-4-6-18/h15,18,21-23,26,30,32H,3-14,16-17H2,1-2H3/t21-,22-,23-,26+,27-,28-,29-/m0/s1. The molecule has 4 fully saturated rings. The lowest BCUT2D eigenvalue weighted by atomic mass is 9.45. The van der Waals surface area contributed by atoms with Gasteiger partial charge in [-0.1, -0.05) is 45.1 Å². The van der Waals surface area contributed by atoms with Crippen molar-refractivity contribution in [2.75, 3.05) is 6.61 Å². The van der Waals surface area contributed by atoms with E-state index < -0.39 is 29.5 Å². The van der Waals surface area contributed by atoms with Gasteiger partial charge in [0.15, 0.2) is 11.4 Å². The Morgan fingerprint density at radius 3 is 2.54 bits per heavy atom. The average molecular weight is 487 g/mol. The summed E-state index contributed by atoms with van der Waals surface area (Å²) in [5.74, 6) is 0.339. The van der Waals surface area contributed by atoms with Crippen LogP contribution in [-0.4, -0.2) is 46.1 Å². The van der Waals surface area contributed by atoms with Crippen LogP contribution in [-0.2, 0) is 19.1 Å². The number of esters is 1. The van der Waals surface area contributed by atoms with E-state index in [1.54, 1.807) is 0 Å². The normalized spacial score (nSPS) is 43.2. The molecule has 0 aromatic heterocycles. The van der Waals surface area contributed by atoms with Crippen LogP contribution in [0, 0.1) is 34.5 Å². The van der Waals surface area contributed by atoms with E-state index >= 15 is 0 Å². The molecule has 5 aliphatic carbocycles. The summed E-state index contributed by atoms with van der Waals surface area (Å²) in [6.07, 6.45) is 11.5. The predicted octanol–water partition coefficient (Wildman–Crippen LogP) is 4.30. The van der Waals surface area contributed by atoms with Gasteiger partial charge in [-0.2, -0.15) is 0 Å². The molecule has 0 radical (unpaired) electrons. The first-order valence-corrected chi connectivity index (χ1v) is 13.9. The summed E-state index contributed by atoms with van der Waals surface area (Å²) in [6, 6.07) is 0. The maximum absolute atomic E-state index is 13.3. The van der Waals surface area contributed by atoms with Crippen molar-refractivity contribution in [1.29, 1.82) is 0 Å². The lowest BCUT2D eigenvalue weighted by Gasteiger charge is -2.60. The number of carbonyl (C=O) groups excluding carboxylic acids is 3. The number of hydrogen-bond donors (Lipinski definition) is 2. The molecule has 0 heterocycles. The molecule has 0 amide bonds. The molecule has 0 aromatic rings. The van der Waals surface area contributed by atoms with Gasteiger partial charge in [0, 0.05) is 18.3 Å². The lowest BCUT2D eigenvalue weighted by Crippen LogP contribution is -2.63. The summed E-state index contributed by atoms with van der Waals surface area (Å²) >= 11 is 0. The number of aliphatic hydroxyl groups is 2. The van der Waals surface area contributed by atoms with Crippen LogP contribution in [0.1, 0.15) is 97.3 Å². The van der Waals surface area contributed by atoms with Gasteiger partial charge in [-0.05, 0) is 80.1 Å². The molecular weight excluding hydrogens is 444 g/mol. The molecule has 0 spiro atoms. The van der Waals surface area contributed by atoms with Gasteiger partial charge in [0.1, 0.15) is 6.61 Å². The number of ketones is 2. The van der Waals surface area contributed by atoms with E-state index in [2.05, 4.69) is 6.92 Å². The maximum atomic E-state index is 13.3. The van der Waals surface area contributed by atoms with Crippen molar-refractivity contribution in [2.45, 2.75) is 109 Å². The fourth-order valence-corrected chi connectivity index (χ4v) is 9.35. The zero-order chi connectivity index (χ0) is 25.0. The van der Waals surface area contributed by atoms with Crippen molar-refractivity contribution in [3.05, 3.63) is 11.6 Å².